The zero-order valence-corrected chi connectivity index (χ0v) is 22.9. The zero-order chi connectivity index (χ0) is 27.6. The molecular weight excluding hydrogens is 525 g/mol. The van der Waals surface area contributed by atoms with Gasteiger partial charge in [0.2, 0.25) is 0 Å². The number of hydrogen-bond donors (Lipinski definition) is 2. The standard InChI is InChI=1S/C26H32N5O7P/c1-4-35-24(32)19-11-8-14-30(19)39(34,37-17-9-6-5-7-10-17)38-22-21-26(22,33)16(2)25(3,36-21)20-13-12-18-23(27)28-15-29-31(18)20/h5-7,9-10,12-13,15-16,19,21-22,33H,4,8,11,14H2,1-3H3,(H2,27,28,29)/t16-,19+,21-,22?,25-,26+,39?/m1/s1. The van der Waals surface area contributed by atoms with E-state index >= 15 is 0 Å². The van der Waals surface area contributed by atoms with Gasteiger partial charge in [0.15, 0.2) is 5.82 Å². The number of para-hydroxylation sites is 1. The number of carbonyl (C=O) groups is 1. The van der Waals surface area contributed by atoms with Crippen molar-refractivity contribution in [3.63, 3.8) is 0 Å². The van der Waals surface area contributed by atoms with Crippen LogP contribution in [0.2, 0.25) is 0 Å². The fourth-order valence-electron chi connectivity index (χ4n) is 5.95. The molecule has 1 saturated carbocycles. The normalized spacial score (nSPS) is 33.5. The predicted octanol–water partition coefficient (Wildman–Crippen LogP) is 2.91. The summed E-state index contributed by atoms with van der Waals surface area (Å²) in [4.78, 5) is 16.8. The number of rotatable bonds is 8. The van der Waals surface area contributed by atoms with Crippen LogP contribution >= 0.6 is 7.75 Å². The highest BCUT2D eigenvalue weighted by Crippen LogP contribution is 2.68. The number of ether oxygens (including phenoxy) is 2. The smallest absolute Gasteiger partial charge is 0.462 e. The molecule has 2 unspecified atom stereocenters. The van der Waals surface area contributed by atoms with Crippen LogP contribution in [0, 0.1) is 5.92 Å². The summed E-state index contributed by atoms with van der Waals surface area (Å²) in [5.74, 6) is -0.317. The second kappa shape index (κ2) is 9.28. The Morgan fingerprint density at radius 3 is 2.74 bits per heavy atom. The average Bonchev–Trinajstić information content (AvgIpc) is 3.40. The summed E-state index contributed by atoms with van der Waals surface area (Å²) in [5.41, 5.74) is 4.94. The third-order valence-electron chi connectivity index (χ3n) is 8.27. The van der Waals surface area contributed by atoms with E-state index in [1.165, 1.54) is 11.0 Å². The Morgan fingerprint density at radius 1 is 1.28 bits per heavy atom. The van der Waals surface area contributed by atoms with Crippen LogP contribution in [0.1, 0.15) is 39.3 Å². The van der Waals surface area contributed by atoms with E-state index in [1.807, 2.05) is 26.0 Å². The van der Waals surface area contributed by atoms with Crippen molar-refractivity contribution >= 4 is 25.1 Å². The van der Waals surface area contributed by atoms with Crippen molar-refractivity contribution in [3.05, 3.63) is 54.5 Å². The van der Waals surface area contributed by atoms with Gasteiger partial charge in [0.1, 0.15) is 47.0 Å². The topological polar surface area (TPSA) is 151 Å². The highest BCUT2D eigenvalue weighted by atomic mass is 31.2. The van der Waals surface area contributed by atoms with Gasteiger partial charge in [-0.05, 0) is 51.0 Å². The second-order valence-electron chi connectivity index (χ2n) is 10.4. The molecule has 0 spiro atoms. The Hall–Kier alpha value is -3.02. The van der Waals surface area contributed by atoms with E-state index < -0.39 is 49.1 Å². The summed E-state index contributed by atoms with van der Waals surface area (Å²) in [6, 6.07) is 11.5. The first kappa shape index (κ1) is 26.2. The number of nitrogens with zero attached hydrogens (tertiary/aromatic N) is 4. The molecule has 39 heavy (non-hydrogen) atoms. The Morgan fingerprint density at radius 2 is 2.05 bits per heavy atom. The van der Waals surface area contributed by atoms with Gasteiger partial charge in [-0.15, -0.1) is 0 Å². The highest BCUT2D eigenvalue weighted by molar-refractivity contribution is 7.51. The number of anilines is 1. The van der Waals surface area contributed by atoms with E-state index in [1.54, 1.807) is 41.8 Å². The van der Waals surface area contributed by atoms with Gasteiger partial charge in [0, 0.05) is 12.5 Å². The quantitative estimate of drug-likeness (QED) is 0.311. The first-order valence-electron chi connectivity index (χ1n) is 13.1. The third kappa shape index (κ3) is 3.96. The highest BCUT2D eigenvalue weighted by Gasteiger charge is 2.81. The number of aromatic nitrogens is 3. The maximum Gasteiger partial charge on any atom is 0.462 e. The minimum absolute atomic E-state index is 0.202. The molecule has 2 aromatic heterocycles. The second-order valence-corrected chi connectivity index (χ2v) is 12.2. The summed E-state index contributed by atoms with van der Waals surface area (Å²) < 4.78 is 41.4. The van der Waals surface area contributed by atoms with Crippen LogP contribution in [0.3, 0.4) is 0 Å². The molecule has 1 aliphatic carbocycles. The number of fused-ring (bicyclic) bond motifs is 2. The molecule has 13 heteroatoms. The molecule has 3 N–H and O–H groups in total. The van der Waals surface area contributed by atoms with Crippen molar-refractivity contribution in [1.29, 1.82) is 0 Å². The molecule has 4 heterocycles. The summed E-state index contributed by atoms with van der Waals surface area (Å²) in [5, 5.41) is 16.1. The lowest BCUT2D eigenvalue weighted by Crippen LogP contribution is -2.41. The van der Waals surface area contributed by atoms with Crippen molar-refractivity contribution in [2.75, 3.05) is 18.9 Å². The van der Waals surface area contributed by atoms with Gasteiger partial charge in [-0.1, -0.05) is 25.1 Å². The Balaban J connectivity index is 1.29. The van der Waals surface area contributed by atoms with E-state index in [0.717, 1.165) is 0 Å². The fourth-order valence-corrected chi connectivity index (χ4v) is 8.11. The predicted molar refractivity (Wildman–Crippen MR) is 140 cm³/mol. The molecule has 6 rings (SSSR count). The van der Waals surface area contributed by atoms with Gasteiger partial charge in [-0.25, -0.2) is 14.1 Å². The number of hydrogen-bond acceptors (Lipinski definition) is 10. The number of aliphatic hydroxyl groups is 1. The van der Waals surface area contributed by atoms with Crippen molar-refractivity contribution in [1.82, 2.24) is 19.3 Å². The third-order valence-corrected chi connectivity index (χ3v) is 10.3. The molecule has 0 amide bonds. The number of nitrogens with two attached hydrogens (primary N) is 1. The molecular formula is C26H32N5O7P. The van der Waals surface area contributed by atoms with E-state index in [9.17, 15) is 14.5 Å². The van der Waals surface area contributed by atoms with Crippen LogP contribution in [0.15, 0.2) is 48.8 Å². The van der Waals surface area contributed by atoms with E-state index in [0.29, 0.717) is 42.2 Å². The van der Waals surface area contributed by atoms with Crippen LogP contribution < -0.4 is 10.3 Å². The Bertz CT molecular complexity index is 1450. The summed E-state index contributed by atoms with van der Waals surface area (Å²) in [7, 11) is -4.14. The van der Waals surface area contributed by atoms with Crippen LogP contribution in [-0.4, -0.2) is 67.3 Å². The van der Waals surface area contributed by atoms with Gasteiger partial charge in [-0.2, -0.15) is 9.77 Å². The van der Waals surface area contributed by atoms with Crippen LogP contribution in [0.4, 0.5) is 5.82 Å². The van der Waals surface area contributed by atoms with E-state index in [-0.39, 0.29) is 6.61 Å². The van der Waals surface area contributed by atoms with Gasteiger partial charge in [-0.3, -0.25) is 9.32 Å². The zero-order valence-electron chi connectivity index (χ0n) is 22.0. The Labute approximate surface area is 225 Å². The number of carbonyl (C=O) groups excluding carboxylic acids is 1. The number of benzene rings is 1. The first-order valence-corrected chi connectivity index (χ1v) is 14.6. The van der Waals surface area contributed by atoms with E-state index in [2.05, 4.69) is 10.1 Å². The molecule has 3 aliphatic rings. The van der Waals surface area contributed by atoms with Gasteiger partial charge < -0.3 is 24.8 Å². The minimum atomic E-state index is -4.14. The lowest BCUT2D eigenvalue weighted by atomic mass is 9.83. The van der Waals surface area contributed by atoms with E-state index in [4.69, 9.17) is 24.3 Å². The summed E-state index contributed by atoms with van der Waals surface area (Å²) >= 11 is 0. The summed E-state index contributed by atoms with van der Waals surface area (Å²) in [6.07, 6.45) is 0.719. The van der Waals surface area contributed by atoms with Crippen LogP contribution in [0.25, 0.3) is 5.52 Å². The van der Waals surface area contributed by atoms with Crippen molar-refractivity contribution in [2.24, 2.45) is 5.92 Å². The number of esters is 1. The average molecular weight is 558 g/mol. The van der Waals surface area contributed by atoms with Crippen molar-refractivity contribution < 1.29 is 33.0 Å². The Kier molecular flexibility index (Phi) is 6.24. The molecule has 2 aliphatic heterocycles. The van der Waals surface area contributed by atoms with Gasteiger partial charge in [0.05, 0.1) is 12.3 Å². The molecule has 7 atom stereocenters. The van der Waals surface area contributed by atoms with Crippen LogP contribution in [0.5, 0.6) is 5.75 Å². The first-order chi connectivity index (χ1) is 18.6. The molecule has 3 fully saturated rings. The van der Waals surface area contributed by atoms with Crippen molar-refractivity contribution in [2.45, 2.75) is 63.1 Å². The molecule has 0 radical (unpaired) electrons. The largest absolute Gasteiger partial charge is 0.465 e. The molecule has 12 nitrogen and oxygen atoms in total. The van der Waals surface area contributed by atoms with Gasteiger partial charge >= 0.3 is 13.7 Å². The minimum Gasteiger partial charge on any atom is -0.465 e. The molecule has 2 saturated heterocycles. The lowest BCUT2D eigenvalue weighted by Gasteiger charge is -2.35. The van der Waals surface area contributed by atoms with Crippen molar-refractivity contribution in [3.8, 4) is 5.75 Å². The lowest BCUT2D eigenvalue weighted by molar-refractivity contribution is -0.147. The molecule has 3 aromatic rings. The monoisotopic (exact) mass is 557 g/mol. The summed E-state index contributed by atoms with van der Waals surface area (Å²) in [6.45, 7) is 5.96. The number of nitrogen functional groups attached to an aromatic ring is 1. The SMILES string of the molecule is CCOC(=O)[C@@H]1CCCN1P(=O)(Oc1ccccc1)OC1[C@H]2O[C@@](C)(c3ccc4c(N)ncnn34)[C@@H](C)[C@@]12O. The maximum absolute atomic E-state index is 14.5. The van der Waals surface area contributed by atoms with Crippen LogP contribution in [-0.2, 0) is 29.0 Å². The van der Waals surface area contributed by atoms with Gasteiger partial charge in [0.25, 0.3) is 0 Å². The molecule has 1 aromatic carbocycles. The molecule has 0 bridgehead atoms. The fraction of sp³-hybridized carbons (Fsp3) is 0.500. The maximum atomic E-state index is 14.5. The molecule has 208 valence electrons.